The highest BCUT2D eigenvalue weighted by Crippen LogP contribution is 2.35. The maximum Gasteiger partial charge on any atom is 0.336 e. The Hall–Kier alpha value is -2.69. The van der Waals surface area contributed by atoms with Crippen LogP contribution < -0.4 is 0 Å². The molecule has 0 atom stereocenters. The van der Waals surface area contributed by atoms with Crippen LogP contribution in [-0.4, -0.2) is 16.1 Å². The summed E-state index contributed by atoms with van der Waals surface area (Å²) in [7, 11) is 0. The van der Waals surface area contributed by atoms with E-state index in [0.717, 1.165) is 21.3 Å². The first-order valence-electron chi connectivity index (χ1n) is 7.61. The van der Waals surface area contributed by atoms with Crippen LogP contribution in [0.1, 0.15) is 10.4 Å². The van der Waals surface area contributed by atoms with Crippen LogP contribution in [0.25, 0.3) is 31.9 Å². The molecule has 4 aromatic rings. The van der Waals surface area contributed by atoms with E-state index < -0.39 is 5.97 Å². The number of aromatic nitrogens is 1. The molecule has 0 aliphatic heterocycles. The van der Waals surface area contributed by atoms with E-state index in [0.29, 0.717) is 15.6 Å². The Balaban J connectivity index is 1.84. The lowest BCUT2D eigenvalue weighted by atomic mass is 10.1. The third kappa shape index (κ3) is 3.02. The molecule has 3 aromatic carbocycles. The number of hydrogen-bond acceptors (Lipinski definition) is 3. The Morgan fingerprint density at radius 3 is 2.52 bits per heavy atom. The Kier molecular flexibility index (Phi) is 3.99. The lowest BCUT2D eigenvalue weighted by molar-refractivity contribution is 0.0697. The van der Waals surface area contributed by atoms with Crippen molar-refractivity contribution in [2.45, 2.75) is 0 Å². The van der Waals surface area contributed by atoms with E-state index in [2.05, 4.69) is 23.2 Å². The quantitative estimate of drug-likeness (QED) is 0.485. The molecule has 1 aromatic heterocycles. The van der Waals surface area contributed by atoms with Crippen molar-refractivity contribution in [2.24, 2.45) is 0 Å². The van der Waals surface area contributed by atoms with Gasteiger partial charge in [-0.2, -0.15) is 0 Å². The molecule has 5 heteroatoms. The number of carboxylic acids is 1. The van der Waals surface area contributed by atoms with E-state index in [4.69, 9.17) is 11.6 Å². The summed E-state index contributed by atoms with van der Waals surface area (Å²) in [4.78, 5) is 16.1. The molecular weight excluding hydrogens is 354 g/mol. The second kappa shape index (κ2) is 6.31. The molecule has 0 saturated carbocycles. The molecule has 1 N–H and O–H groups in total. The van der Waals surface area contributed by atoms with E-state index in [9.17, 15) is 9.90 Å². The monoisotopic (exact) mass is 365 g/mol. The number of rotatable bonds is 3. The lowest BCUT2D eigenvalue weighted by Gasteiger charge is -2.02. The summed E-state index contributed by atoms with van der Waals surface area (Å²) in [5.41, 5.74) is 3.84. The van der Waals surface area contributed by atoms with Crippen molar-refractivity contribution >= 4 is 39.1 Å². The van der Waals surface area contributed by atoms with Gasteiger partial charge in [0.25, 0.3) is 0 Å². The van der Waals surface area contributed by atoms with Gasteiger partial charge in [0.05, 0.1) is 15.8 Å². The molecule has 3 nitrogen and oxygen atoms in total. The van der Waals surface area contributed by atoms with Crippen LogP contribution in [0.3, 0.4) is 0 Å². The standard InChI is InChI=1S/C20H12ClNO2S/c21-14-7-8-15(16(11-14)20(23)24)19-22-17-9-6-13(10-18(17)25-19)12-4-2-1-3-5-12/h1-11H,(H,23,24). The van der Waals surface area contributed by atoms with Gasteiger partial charge in [-0.15, -0.1) is 11.3 Å². The summed E-state index contributed by atoms with van der Waals surface area (Å²) in [5, 5.41) is 10.5. The molecule has 0 fully saturated rings. The number of carboxylic acid groups (broad SMARTS) is 1. The average molecular weight is 366 g/mol. The second-order valence-electron chi connectivity index (χ2n) is 5.56. The molecule has 0 amide bonds. The van der Waals surface area contributed by atoms with E-state index in [1.54, 1.807) is 12.1 Å². The number of benzene rings is 3. The number of carbonyl (C=O) groups is 1. The minimum absolute atomic E-state index is 0.162. The fraction of sp³-hybridized carbons (Fsp3) is 0. The van der Waals surface area contributed by atoms with Gasteiger partial charge in [-0.05, 0) is 41.5 Å². The molecule has 0 bridgehead atoms. The first-order chi connectivity index (χ1) is 12.1. The molecule has 25 heavy (non-hydrogen) atoms. The minimum Gasteiger partial charge on any atom is -0.478 e. The maximum absolute atomic E-state index is 11.5. The second-order valence-corrected chi connectivity index (χ2v) is 7.03. The fourth-order valence-electron chi connectivity index (χ4n) is 2.73. The smallest absolute Gasteiger partial charge is 0.336 e. The van der Waals surface area contributed by atoms with E-state index in [1.165, 1.54) is 17.4 Å². The zero-order valence-corrected chi connectivity index (χ0v) is 14.5. The molecule has 0 radical (unpaired) electrons. The van der Waals surface area contributed by atoms with Crippen LogP contribution in [0.4, 0.5) is 0 Å². The fourth-order valence-corrected chi connectivity index (χ4v) is 3.95. The van der Waals surface area contributed by atoms with Crippen molar-refractivity contribution in [1.82, 2.24) is 4.98 Å². The summed E-state index contributed by atoms with van der Waals surface area (Å²) < 4.78 is 1.02. The predicted molar refractivity (Wildman–Crippen MR) is 102 cm³/mol. The van der Waals surface area contributed by atoms with Gasteiger partial charge in [0.15, 0.2) is 0 Å². The number of fused-ring (bicyclic) bond motifs is 1. The van der Waals surface area contributed by atoms with Crippen LogP contribution in [0, 0.1) is 0 Å². The van der Waals surface area contributed by atoms with E-state index >= 15 is 0 Å². The van der Waals surface area contributed by atoms with Crippen molar-refractivity contribution in [2.75, 3.05) is 0 Å². The molecule has 1 heterocycles. The molecule has 0 unspecified atom stereocenters. The highest BCUT2D eigenvalue weighted by Gasteiger charge is 2.16. The van der Waals surface area contributed by atoms with E-state index in [1.807, 2.05) is 30.3 Å². The van der Waals surface area contributed by atoms with Gasteiger partial charge in [0, 0.05) is 10.6 Å². The molecule has 0 spiro atoms. The first kappa shape index (κ1) is 15.8. The summed E-state index contributed by atoms with van der Waals surface area (Å²) in [6.45, 7) is 0. The lowest BCUT2D eigenvalue weighted by Crippen LogP contribution is -1.99. The topological polar surface area (TPSA) is 50.2 Å². The summed E-state index contributed by atoms with van der Waals surface area (Å²) in [6.07, 6.45) is 0. The largest absolute Gasteiger partial charge is 0.478 e. The van der Waals surface area contributed by atoms with Crippen molar-refractivity contribution in [1.29, 1.82) is 0 Å². The Bertz CT molecular complexity index is 1090. The van der Waals surface area contributed by atoms with Crippen molar-refractivity contribution in [3.8, 4) is 21.7 Å². The van der Waals surface area contributed by atoms with Crippen LogP contribution in [0.15, 0.2) is 66.7 Å². The van der Waals surface area contributed by atoms with Gasteiger partial charge in [0.2, 0.25) is 0 Å². The number of hydrogen-bond donors (Lipinski definition) is 1. The Morgan fingerprint density at radius 1 is 0.960 bits per heavy atom. The summed E-state index contributed by atoms with van der Waals surface area (Å²) >= 11 is 7.41. The van der Waals surface area contributed by atoms with Gasteiger partial charge < -0.3 is 5.11 Å². The van der Waals surface area contributed by atoms with Crippen molar-refractivity contribution in [3.05, 3.63) is 77.3 Å². The van der Waals surface area contributed by atoms with Crippen molar-refractivity contribution in [3.63, 3.8) is 0 Å². The van der Waals surface area contributed by atoms with Gasteiger partial charge in [-0.1, -0.05) is 48.0 Å². The van der Waals surface area contributed by atoms with Crippen LogP contribution in [-0.2, 0) is 0 Å². The average Bonchev–Trinajstić information content (AvgIpc) is 3.05. The zero-order chi connectivity index (χ0) is 17.4. The molecule has 122 valence electrons. The minimum atomic E-state index is -1.01. The van der Waals surface area contributed by atoms with Crippen LogP contribution in [0.5, 0.6) is 0 Å². The molecule has 4 rings (SSSR count). The number of aromatic carboxylic acids is 1. The van der Waals surface area contributed by atoms with Gasteiger partial charge in [-0.25, -0.2) is 9.78 Å². The Labute approximate surface area is 153 Å². The van der Waals surface area contributed by atoms with E-state index in [-0.39, 0.29) is 5.56 Å². The molecule has 0 aliphatic carbocycles. The van der Waals surface area contributed by atoms with Gasteiger partial charge >= 0.3 is 5.97 Å². The number of thiazole rings is 1. The highest BCUT2D eigenvalue weighted by molar-refractivity contribution is 7.21. The number of nitrogens with zero attached hydrogens (tertiary/aromatic N) is 1. The number of halogens is 1. The normalized spacial score (nSPS) is 10.9. The van der Waals surface area contributed by atoms with Crippen molar-refractivity contribution < 1.29 is 9.90 Å². The third-order valence-corrected chi connectivity index (χ3v) is 5.22. The zero-order valence-electron chi connectivity index (χ0n) is 12.9. The summed E-state index contributed by atoms with van der Waals surface area (Å²) in [5.74, 6) is -1.01. The Morgan fingerprint density at radius 2 is 1.76 bits per heavy atom. The summed E-state index contributed by atoms with van der Waals surface area (Å²) in [6, 6.07) is 21.1. The van der Waals surface area contributed by atoms with Gasteiger partial charge in [-0.3, -0.25) is 0 Å². The maximum atomic E-state index is 11.5. The molecular formula is C20H12ClNO2S. The third-order valence-electron chi connectivity index (χ3n) is 3.94. The van der Waals surface area contributed by atoms with Crippen LogP contribution >= 0.6 is 22.9 Å². The first-order valence-corrected chi connectivity index (χ1v) is 8.80. The SMILES string of the molecule is O=C(O)c1cc(Cl)ccc1-c1nc2ccc(-c3ccccc3)cc2s1. The highest BCUT2D eigenvalue weighted by atomic mass is 35.5. The van der Waals surface area contributed by atoms with Gasteiger partial charge in [0.1, 0.15) is 5.01 Å². The molecule has 0 saturated heterocycles. The molecule has 0 aliphatic rings. The predicted octanol–water partition coefficient (Wildman–Crippen LogP) is 5.98. The van der Waals surface area contributed by atoms with Crippen LogP contribution in [0.2, 0.25) is 5.02 Å².